The number of benzene rings is 2. The lowest BCUT2D eigenvalue weighted by molar-refractivity contribution is -0.385. The highest BCUT2D eigenvalue weighted by Gasteiger charge is 2.27. The molecule has 0 aliphatic carbocycles. The molecule has 1 saturated heterocycles. The molecule has 2 aromatic carbocycles. The molecule has 2 aromatic rings. The van der Waals surface area contributed by atoms with Crippen LogP contribution in [0.15, 0.2) is 36.4 Å². The van der Waals surface area contributed by atoms with Gasteiger partial charge in [-0.3, -0.25) is 14.9 Å². The molecular weight excluding hydrogens is 344 g/mol. The molecule has 0 N–H and O–H groups in total. The summed E-state index contributed by atoms with van der Waals surface area (Å²) in [5.74, 6) is 0.746. The van der Waals surface area contributed by atoms with Gasteiger partial charge in [0.05, 0.1) is 4.92 Å². The molecule has 0 spiro atoms. The summed E-state index contributed by atoms with van der Waals surface area (Å²) in [5.41, 5.74) is 3.06. The van der Waals surface area contributed by atoms with Crippen LogP contribution in [0.4, 0.5) is 5.69 Å². The van der Waals surface area contributed by atoms with Crippen molar-refractivity contribution in [2.24, 2.45) is 0 Å². The van der Waals surface area contributed by atoms with Crippen molar-refractivity contribution < 1.29 is 14.5 Å². The highest BCUT2D eigenvalue weighted by Crippen LogP contribution is 2.26. The fraction of sp³-hybridized carbons (Fsp3) is 0.381. The van der Waals surface area contributed by atoms with Gasteiger partial charge in [-0.1, -0.05) is 18.2 Å². The third-order valence-corrected chi connectivity index (χ3v) is 5.10. The second-order valence-corrected chi connectivity index (χ2v) is 7.09. The molecule has 1 aliphatic heterocycles. The van der Waals surface area contributed by atoms with E-state index < -0.39 is 4.92 Å². The smallest absolute Gasteiger partial charge is 0.273 e. The fourth-order valence-electron chi connectivity index (χ4n) is 3.41. The van der Waals surface area contributed by atoms with Gasteiger partial charge in [0.2, 0.25) is 0 Å². The minimum atomic E-state index is -0.448. The second kappa shape index (κ2) is 7.78. The fourth-order valence-corrected chi connectivity index (χ4v) is 3.41. The predicted octanol–water partition coefficient (Wildman–Crippen LogP) is 4.20. The zero-order chi connectivity index (χ0) is 19.6. The standard InChI is InChI=1S/C21H24N2O4/c1-14-7-8-15(2)20(13-14)27-17-9-11-22(12-10-17)21(24)18-5-4-6-19(16(18)3)23(25)26/h4-8,13,17H,9-12H2,1-3H3. The van der Waals surface area contributed by atoms with Crippen LogP contribution in [0, 0.1) is 30.9 Å². The van der Waals surface area contributed by atoms with Crippen LogP contribution in [0.3, 0.4) is 0 Å². The van der Waals surface area contributed by atoms with E-state index in [4.69, 9.17) is 4.74 Å². The molecule has 6 nitrogen and oxygen atoms in total. The maximum atomic E-state index is 12.8. The van der Waals surface area contributed by atoms with Crippen molar-refractivity contribution >= 4 is 11.6 Å². The largest absolute Gasteiger partial charge is 0.490 e. The van der Waals surface area contributed by atoms with Gasteiger partial charge in [-0.15, -0.1) is 0 Å². The molecule has 1 heterocycles. The third kappa shape index (κ3) is 4.10. The van der Waals surface area contributed by atoms with Gasteiger partial charge in [0.25, 0.3) is 11.6 Å². The van der Waals surface area contributed by atoms with E-state index in [-0.39, 0.29) is 17.7 Å². The number of piperidine rings is 1. The van der Waals surface area contributed by atoms with Crippen LogP contribution in [0.1, 0.15) is 39.9 Å². The number of amides is 1. The maximum absolute atomic E-state index is 12.8. The molecule has 0 atom stereocenters. The first kappa shape index (κ1) is 18.9. The lowest BCUT2D eigenvalue weighted by Crippen LogP contribution is -2.42. The van der Waals surface area contributed by atoms with Crippen molar-refractivity contribution in [3.63, 3.8) is 0 Å². The number of hydrogen-bond donors (Lipinski definition) is 0. The molecule has 0 aromatic heterocycles. The van der Waals surface area contributed by atoms with Crippen molar-refractivity contribution in [1.82, 2.24) is 4.90 Å². The van der Waals surface area contributed by atoms with E-state index in [1.54, 1.807) is 24.0 Å². The van der Waals surface area contributed by atoms with Crippen molar-refractivity contribution in [2.75, 3.05) is 13.1 Å². The van der Waals surface area contributed by atoms with Crippen LogP contribution in [-0.4, -0.2) is 34.9 Å². The number of rotatable bonds is 4. The highest BCUT2D eigenvalue weighted by atomic mass is 16.6. The van der Waals surface area contributed by atoms with Crippen molar-refractivity contribution in [2.45, 2.75) is 39.7 Å². The molecule has 3 rings (SSSR count). The lowest BCUT2D eigenvalue weighted by atomic mass is 10.0. The number of ether oxygens (including phenoxy) is 1. The third-order valence-electron chi connectivity index (χ3n) is 5.10. The summed E-state index contributed by atoms with van der Waals surface area (Å²) in [6, 6.07) is 10.8. The maximum Gasteiger partial charge on any atom is 0.273 e. The summed E-state index contributed by atoms with van der Waals surface area (Å²) in [4.78, 5) is 25.2. The van der Waals surface area contributed by atoms with E-state index in [2.05, 4.69) is 12.1 Å². The quantitative estimate of drug-likeness (QED) is 0.599. The topological polar surface area (TPSA) is 72.7 Å². The number of nitro groups is 1. The predicted molar refractivity (Wildman–Crippen MR) is 103 cm³/mol. The molecule has 142 valence electrons. The van der Waals surface area contributed by atoms with Crippen LogP contribution in [-0.2, 0) is 0 Å². The van der Waals surface area contributed by atoms with Crippen LogP contribution >= 0.6 is 0 Å². The summed E-state index contributed by atoms with van der Waals surface area (Å²) >= 11 is 0. The first-order valence-electron chi connectivity index (χ1n) is 9.14. The Morgan fingerprint density at radius 2 is 1.85 bits per heavy atom. The summed E-state index contributed by atoms with van der Waals surface area (Å²) in [6.45, 7) is 6.85. The Hall–Kier alpha value is -2.89. The van der Waals surface area contributed by atoms with E-state index in [9.17, 15) is 14.9 Å². The minimum Gasteiger partial charge on any atom is -0.490 e. The average molecular weight is 368 g/mol. The number of carbonyl (C=O) groups is 1. The summed E-state index contributed by atoms with van der Waals surface area (Å²) in [7, 11) is 0. The lowest BCUT2D eigenvalue weighted by Gasteiger charge is -2.32. The molecule has 1 amide bonds. The molecule has 6 heteroatoms. The normalized spacial score (nSPS) is 14.9. The highest BCUT2D eigenvalue weighted by molar-refractivity contribution is 5.96. The number of nitro benzene ring substituents is 1. The molecule has 0 unspecified atom stereocenters. The number of hydrogen-bond acceptors (Lipinski definition) is 4. The zero-order valence-electron chi connectivity index (χ0n) is 15.9. The molecule has 0 radical (unpaired) electrons. The van der Waals surface area contributed by atoms with Gasteiger partial charge >= 0.3 is 0 Å². The van der Waals surface area contributed by atoms with Gasteiger partial charge in [-0.05, 0) is 44.0 Å². The first-order valence-corrected chi connectivity index (χ1v) is 9.14. The molecule has 1 fully saturated rings. The average Bonchev–Trinajstić information content (AvgIpc) is 2.65. The number of aryl methyl sites for hydroxylation is 2. The zero-order valence-corrected chi connectivity index (χ0v) is 15.9. The number of carbonyl (C=O) groups excluding carboxylic acids is 1. The Morgan fingerprint density at radius 1 is 1.15 bits per heavy atom. The van der Waals surface area contributed by atoms with E-state index in [1.165, 1.54) is 6.07 Å². The Balaban J connectivity index is 1.65. The van der Waals surface area contributed by atoms with E-state index >= 15 is 0 Å². The summed E-state index contributed by atoms with van der Waals surface area (Å²) in [5, 5.41) is 11.1. The molecule has 1 aliphatic rings. The van der Waals surface area contributed by atoms with Gasteiger partial charge in [-0.2, -0.15) is 0 Å². The number of nitrogens with zero attached hydrogens (tertiary/aromatic N) is 2. The van der Waals surface area contributed by atoms with Crippen LogP contribution in [0.2, 0.25) is 0 Å². The second-order valence-electron chi connectivity index (χ2n) is 7.09. The first-order chi connectivity index (χ1) is 12.9. The Labute approximate surface area is 158 Å². The van der Waals surface area contributed by atoms with Crippen LogP contribution < -0.4 is 4.74 Å². The summed E-state index contributed by atoms with van der Waals surface area (Å²) in [6.07, 6.45) is 1.56. The van der Waals surface area contributed by atoms with Crippen molar-refractivity contribution in [3.8, 4) is 5.75 Å². The summed E-state index contributed by atoms with van der Waals surface area (Å²) < 4.78 is 6.15. The number of likely N-dealkylation sites (tertiary alicyclic amines) is 1. The van der Waals surface area contributed by atoms with Crippen molar-refractivity contribution in [3.05, 3.63) is 68.8 Å². The Bertz CT molecular complexity index is 870. The van der Waals surface area contributed by atoms with Gasteiger partial charge < -0.3 is 9.64 Å². The van der Waals surface area contributed by atoms with Crippen molar-refractivity contribution in [1.29, 1.82) is 0 Å². The Kier molecular flexibility index (Phi) is 5.44. The van der Waals surface area contributed by atoms with Gasteiger partial charge in [0.1, 0.15) is 11.9 Å². The Morgan fingerprint density at radius 3 is 2.52 bits per heavy atom. The van der Waals surface area contributed by atoms with E-state index in [0.717, 1.165) is 29.7 Å². The molecular formula is C21H24N2O4. The van der Waals surface area contributed by atoms with Gasteiger partial charge in [0.15, 0.2) is 0 Å². The molecule has 0 saturated carbocycles. The minimum absolute atomic E-state index is 0.0195. The molecule has 27 heavy (non-hydrogen) atoms. The van der Waals surface area contributed by atoms with Crippen LogP contribution in [0.25, 0.3) is 0 Å². The van der Waals surface area contributed by atoms with Crippen LogP contribution in [0.5, 0.6) is 5.75 Å². The monoisotopic (exact) mass is 368 g/mol. The van der Waals surface area contributed by atoms with Gasteiger partial charge in [0, 0.05) is 43.1 Å². The van der Waals surface area contributed by atoms with E-state index in [0.29, 0.717) is 24.2 Å². The molecule has 0 bridgehead atoms. The van der Waals surface area contributed by atoms with Gasteiger partial charge in [-0.25, -0.2) is 0 Å². The van der Waals surface area contributed by atoms with E-state index in [1.807, 2.05) is 19.9 Å². The SMILES string of the molecule is Cc1ccc(C)c(OC2CCN(C(=O)c3cccc([N+](=O)[O-])c3C)CC2)c1.